The molecule has 0 aromatic heterocycles. The molecule has 0 spiro atoms. The van der Waals surface area contributed by atoms with E-state index in [0.29, 0.717) is 5.56 Å². The van der Waals surface area contributed by atoms with E-state index >= 15 is 0 Å². The number of fused-ring (bicyclic) bond motifs is 2. The van der Waals surface area contributed by atoms with E-state index in [0.717, 1.165) is 24.8 Å². The number of aryl methyl sites for hydroxylation is 2. The quantitative estimate of drug-likeness (QED) is 0.855. The molecule has 0 aliphatic carbocycles. The fraction of sp³-hybridized carbons (Fsp3) is 0.471. The summed E-state index contributed by atoms with van der Waals surface area (Å²) in [5, 5.41) is 0. The first-order chi connectivity index (χ1) is 10.9. The summed E-state index contributed by atoms with van der Waals surface area (Å²) in [5.74, 6) is -0.143. The Kier molecular flexibility index (Phi) is 4.29. The molecule has 0 radical (unpaired) electrons. The van der Waals surface area contributed by atoms with Gasteiger partial charge in [0.15, 0.2) is 0 Å². The van der Waals surface area contributed by atoms with Gasteiger partial charge in [-0.15, -0.1) is 0 Å². The molecule has 2 atom stereocenters. The van der Waals surface area contributed by atoms with Crippen LogP contribution in [-0.4, -0.2) is 37.9 Å². The molecule has 1 aromatic rings. The van der Waals surface area contributed by atoms with Gasteiger partial charge in [0.05, 0.1) is 17.5 Å². The van der Waals surface area contributed by atoms with Crippen LogP contribution in [0.3, 0.4) is 0 Å². The molecule has 2 heterocycles. The monoisotopic (exact) mass is 334 g/mol. The SMILES string of the molecule is Cc1ccc(C)c(S(=O)(=O)NCC(=O)N2C3C=CCC2CC3)c1. The van der Waals surface area contributed by atoms with Crippen LogP contribution in [0.1, 0.15) is 30.4 Å². The van der Waals surface area contributed by atoms with Crippen molar-refractivity contribution in [1.82, 2.24) is 9.62 Å². The topological polar surface area (TPSA) is 66.5 Å². The summed E-state index contributed by atoms with van der Waals surface area (Å²) >= 11 is 0. The van der Waals surface area contributed by atoms with Gasteiger partial charge < -0.3 is 4.90 Å². The van der Waals surface area contributed by atoms with Crippen LogP contribution in [0.5, 0.6) is 0 Å². The zero-order valence-electron chi connectivity index (χ0n) is 13.5. The molecule has 6 heteroatoms. The molecular formula is C17H22N2O3S. The number of amides is 1. The van der Waals surface area contributed by atoms with Crippen molar-refractivity contribution >= 4 is 15.9 Å². The summed E-state index contributed by atoms with van der Waals surface area (Å²) < 4.78 is 27.4. The maximum atomic E-state index is 12.5. The van der Waals surface area contributed by atoms with Crippen LogP contribution in [0.15, 0.2) is 35.2 Å². The Morgan fingerprint density at radius 3 is 2.83 bits per heavy atom. The molecule has 2 aliphatic heterocycles. The van der Waals surface area contributed by atoms with Gasteiger partial charge in [-0.3, -0.25) is 4.79 Å². The van der Waals surface area contributed by atoms with E-state index in [1.807, 2.05) is 17.9 Å². The van der Waals surface area contributed by atoms with Gasteiger partial charge in [0.1, 0.15) is 0 Å². The average molecular weight is 334 g/mol. The van der Waals surface area contributed by atoms with Gasteiger partial charge in [-0.2, -0.15) is 0 Å². The number of hydrogen-bond donors (Lipinski definition) is 1. The van der Waals surface area contributed by atoms with Crippen LogP contribution >= 0.6 is 0 Å². The van der Waals surface area contributed by atoms with Crippen LogP contribution in [0.25, 0.3) is 0 Å². The summed E-state index contributed by atoms with van der Waals surface area (Å²) in [5.41, 5.74) is 1.55. The molecule has 2 bridgehead atoms. The summed E-state index contributed by atoms with van der Waals surface area (Å²) in [6, 6.07) is 5.64. The summed E-state index contributed by atoms with van der Waals surface area (Å²) in [6.07, 6.45) is 7.00. The van der Waals surface area contributed by atoms with Gasteiger partial charge >= 0.3 is 0 Å². The van der Waals surface area contributed by atoms with Gasteiger partial charge in [-0.1, -0.05) is 24.3 Å². The number of nitrogens with zero attached hydrogens (tertiary/aromatic N) is 1. The largest absolute Gasteiger partial charge is 0.332 e. The number of rotatable bonds is 4. The molecule has 5 nitrogen and oxygen atoms in total. The van der Waals surface area contributed by atoms with Crippen molar-refractivity contribution in [1.29, 1.82) is 0 Å². The molecule has 2 aliphatic rings. The molecule has 0 saturated carbocycles. The Morgan fingerprint density at radius 2 is 2.09 bits per heavy atom. The van der Waals surface area contributed by atoms with E-state index in [1.165, 1.54) is 0 Å². The fourth-order valence-corrected chi connectivity index (χ4v) is 4.74. The van der Waals surface area contributed by atoms with Gasteiger partial charge in [0.25, 0.3) is 0 Å². The second-order valence-corrected chi connectivity index (χ2v) is 8.09. The van der Waals surface area contributed by atoms with Gasteiger partial charge in [-0.05, 0) is 50.3 Å². The normalized spacial score (nSPS) is 23.3. The Hall–Kier alpha value is -1.66. The van der Waals surface area contributed by atoms with Crippen molar-refractivity contribution < 1.29 is 13.2 Å². The van der Waals surface area contributed by atoms with E-state index < -0.39 is 10.0 Å². The molecule has 23 heavy (non-hydrogen) atoms. The first kappa shape index (κ1) is 16.2. The number of hydrogen-bond acceptors (Lipinski definition) is 3. The minimum atomic E-state index is -3.68. The van der Waals surface area contributed by atoms with Crippen LogP contribution in [-0.2, 0) is 14.8 Å². The lowest BCUT2D eigenvalue weighted by atomic mass is 10.1. The van der Waals surface area contributed by atoms with Crippen molar-refractivity contribution in [3.63, 3.8) is 0 Å². The predicted octanol–water partition coefficient (Wildman–Crippen LogP) is 1.90. The Bertz CT molecular complexity index is 755. The maximum absolute atomic E-state index is 12.5. The molecule has 3 rings (SSSR count). The third kappa shape index (κ3) is 3.19. The van der Waals surface area contributed by atoms with Crippen LogP contribution in [0, 0.1) is 13.8 Å². The summed E-state index contributed by atoms with van der Waals surface area (Å²) in [7, 11) is -3.68. The Balaban J connectivity index is 1.71. The van der Waals surface area contributed by atoms with Gasteiger partial charge in [-0.25, -0.2) is 13.1 Å². The molecule has 1 fully saturated rings. The zero-order chi connectivity index (χ0) is 16.6. The third-order valence-corrected chi connectivity index (χ3v) is 6.19. The van der Waals surface area contributed by atoms with Crippen molar-refractivity contribution in [2.45, 2.75) is 50.1 Å². The fourth-order valence-electron chi connectivity index (χ4n) is 3.44. The standard InChI is InChI=1S/C17H22N2O3S/c1-12-6-7-13(2)16(10-12)23(21,22)18-11-17(20)19-14-4-3-5-15(19)9-8-14/h3-4,6-7,10,14-15,18H,5,8-9,11H2,1-2H3. The molecule has 2 unspecified atom stereocenters. The summed E-state index contributed by atoms with van der Waals surface area (Å²) in [4.78, 5) is 14.5. The van der Waals surface area contributed by atoms with Crippen molar-refractivity contribution in [2.24, 2.45) is 0 Å². The third-order valence-electron chi connectivity index (χ3n) is 4.65. The number of carbonyl (C=O) groups is 1. The highest BCUT2D eigenvalue weighted by molar-refractivity contribution is 7.89. The van der Waals surface area contributed by atoms with Crippen LogP contribution < -0.4 is 4.72 Å². The lowest BCUT2D eigenvalue weighted by molar-refractivity contribution is -0.132. The average Bonchev–Trinajstić information content (AvgIpc) is 2.76. The molecule has 124 valence electrons. The molecule has 1 aromatic carbocycles. The predicted molar refractivity (Wildman–Crippen MR) is 88.5 cm³/mol. The highest BCUT2D eigenvalue weighted by Gasteiger charge is 2.37. The van der Waals surface area contributed by atoms with E-state index in [4.69, 9.17) is 0 Å². The maximum Gasteiger partial charge on any atom is 0.241 e. The Labute approximate surface area is 137 Å². The smallest absolute Gasteiger partial charge is 0.241 e. The highest BCUT2D eigenvalue weighted by atomic mass is 32.2. The number of benzene rings is 1. The van der Waals surface area contributed by atoms with E-state index in [2.05, 4.69) is 16.9 Å². The van der Waals surface area contributed by atoms with Crippen LogP contribution in [0.4, 0.5) is 0 Å². The Morgan fingerprint density at radius 1 is 1.30 bits per heavy atom. The van der Waals surface area contributed by atoms with E-state index in [9.17, 15) is 13.2 Å². The number of sulfonamides is 1. The van der Waals surface area contributed by atoms with Crippen molar-refractivity contribution in [3.05, 3.63) is 41.5 Å². The molecule has 1 N–H and O–H groups in total. The van der Waals surface area contributed by atoms with E-state index in [1.54, 1.807) is 19.1 Å². The molecule has 1 saturated heterocycles. The first-order valence-electron chi connectivity index (χ1n) is 7.93. The van der Waals surface area contributed by atoms with Gasteiger partial charge in [0, 0.05) is 6.04 Å². The minimum absolute atomic E-state index is 0.131. The molecular weight excluding hydrogens is 312 g/mol. The minimum Gasteiger partial charge on any atom is -0.332 e. The summed E-state index contributed by atoms with van der Waals surface area (Å²) in [6.45, 7) is 3.42. The highest BCUT2D eigenvalue weighted by Crippen LogP contribution is 2.31. The molecule has 1 amide bonds. The van der Waals surface area contributed by atoms with E-state index in [-0.39, 0.29) is 29.4 Å². The van der Waals surface area contributed by atoms with Crippen molar-refractivity contribution in [2.75, 3.05) is 6.54 Å². The van der Waals surface area contributed by atoms with Crippen molar-refractivity contribution in [3.8, 4) is 0 Å². The van der Waals surface area contributed by atoms with Crippen LogP contribution in [0.2, 0.25) is 0 Å². The zero-order valence-corrected chi connectivity index (χ0v) is 14.3. The first-order valence-corrected chi connectivity index (χ1v) is 9.41. The lowest BCUT2D eigenvalue weighted by Gasteiger charge is -2.31. The van der Waals surface area contributed by atoms with Gasteiger partial charge in [0.2, 0.25) is 15.9 Å². The second kappa shape index (κ2) is 6.09. The lowest BCUT2D eigenvalue weighted by Crippen LogP contribution is -2.47. The number of nitrogens with one attached hydrogen (secondary N) is 1. The number of carbonyl (C=O) groups excluding carboxylic acids is 1. The second-order valence-electron chi connectivity index (χ2n) is 6.36.